The van der Waals surface area contributed by atoms with Gasteiger partial charge in [-0.3, -0.25) is 4.79 Å². The van der Waals surface area contributed by atoms with Crippen molar-refractivity contribution < 1.29 is 17.9 Å². The Morgan fingerprint density at radius 1 is 0.957 bits per heavy atom. The van der Waals surface area contributed by atoms with Gasteiger partial charge >= 0.3 is 0 Å². The number of amides is 1. The molecule has 12 nitrogen and oxygen atoms in total. The first-order valence-electron chi connectivity index (χ1n) is 14.7. The summed E-state index contributed by atoms with van der Waals surface area (Å²) < 4.78 is 31.4. The maximum Gasteiger partial charge on any atom is 0.255 e. The second-order valence-electron chi connectivity index (χ2n) is 11.1. The van der Waals surface area contributed by atoms with E-state index in [0.29, 0.717) is 28.4 Å². The molecule has 1 aliphatic rings. The maximum absolute atomic E-state index is 13.1. The SMILES string of the molecule is COc1cc(C(=O)Nc2ccc(N3CCN(C)CC3)cc2)ccc1Nc1nc(N)c(Cl)c(Nc2ccccc2S(=O)(=O)C(C)C)n1. The minimum Gasteiger partial charge on any atom is -0.495 e. The van der Waals surface area contributed by atoms with Crippen molar-refractivity contribution in [1.82, 2.24) is 14.9 Å². The highest BCUT2D eigenvalue weighted by molar-refractivity contribution is 7.92. The first-order chi connectivity index (χ1) is 22.0. The standard InChI is InChI=1S/C32H37ClN8O4S/c1-20(2)46(43,44)27-8-6-5-7-25(27)36-30-28(33)29(34)38-32(39-30)37-24-14-9-21(19-26(24)45-4)31(42)35-22-10-12-23(13-11-22)41-17-15-40(3)16-18-41/h5-14,19-20H,15-18H2,1-4H3,(H,35,42)(H4,34,36,37,38,39). The number of hydrogen-bond donors (Lipinski definition) is 4. The Morgan fingerprint density at radius 3 is 2.33 bits per heavy atom. The third-order valence-corrected chi connectivity index (χ3v) is 10.2. The Kier molecular flexibility index (Phi) is 9.85. The molecule has 1 saturated heterocycles. The molecule has 3 aromatic carbocycles. The van der Waals surface area contributed by atoms with Crippen LogP contribution in [0.25, 0.3) is 0 Å². The number of sulfone groups is 1. The van der Waals surface area contributed by atoms with Crippen LogP contribution in [-0.4, -0.2) is 74.8 Å². The minimum absolute atomic E-state index is 0.0258. The Balaban J connectivity index is 1.32. The smallest absolute Gasteiger partial charge is 0.255 e. The zero-order valence-electron chi connectivity index (χ0n) is 26.0. The number of carbonyl (C=O) groups excluding carboxylic acids is 1. The van der Waals surface area contributed by atoms with E-state index in [9.17, 15) is 13.2 Å². The number of piperazine rings is 1. The number of ether oxygens (including phenoxy) is 1. The number of halogens is 1. The molecule has 1 fully saturated rings. The normalized spacial score (nSPS) is 13.8. The van der Waals surface area contributed by atoms with E-state index in [2.05, 4.69) is 42.8 Å². The Morgan fingerprint density at radius 2 is 1.65 bits per heavy atom. The first kappa shape index (κ1) is 32.8. The second-order valence-corrected chi connectivity index (χ2v) is 14.0. The molecule has 0 radical (unpaired) electrons. The van der Waals surface area contributed by atoms with Gasteiger partial charge in [0.15, 0.2) is 15.7 Å². The summed E-state index contributed by atoms with van der Waals surface area (Å²) in [6.45, 7) is 7.17. The van der Waals surface area contributed by atoms with Gasteiger partial charge in [-0.15, -0.1) is 0 Å². The number of nitrogens with two attached hydrogens (primary N) is 1. The molecule has 14 heteroatoms. The molecule has 1 aliphatic heterocycles. The van der Waals surface area contributed by atoms with Crippen LogP contribution >= 0.6 is 11.6 Å². The van der Waals surface area contributed by atoms with Gasteiger partial charge in [0.05, 0.1) is 28.6 Å². The lowest BCUT2D eigenvalue weighted by Crippen LogP contribution is -2.44. The lowest BCUT2D eigenvalue weighted by molar-refractivity contribution is 0.102. The van der Waals surface area contributed by atoms with E-state index >= 15 is 0 Å². The van der Waals surface area contributed by atoms with Crippen molar-refractivity contribution in [1.29, 1.82) is 0 Å². The van der Waals surface area contributed by atoms with Crippen molar-refractivity contribution in [2.45, 2.75) is 24.0 Å². The van der Waals surface area contributed by atoms with Gasteiger partial charge < -0.3 is 36.2 Å². The zero-order valence-corrected chi connectivity index (χ0v) is 27.6. The molecule has 5 rings (SSSR count). The molecule has 0 unspecified atom stereocenters. The van der Waals surface area contributed by atoms with Crippen LogP contribution in [0.1, 0.15) is 24.2 Å². The van der Waals surface area contributed by atoms with Crippen LogP contribution in [0.4, 0.5) is 40.3 Å². The van der Waals surface area contributed by atoms with E-state index in [-0.39, 0.29) is 33.4 Å². The molecule has 2 heterocycles. The number of nitrogens with one attached hydrogen (secondary N) is 3. The molecule has 46 heavy (non-hydrogen) atoms. The molecule has 0 atom stereocenters. The number of hydrogen-bond acceptors (Lipinski definition) is 11. The molecule has 0 saturated carbocycles. The summed E-state index contributed by atoms with van der Waals surface area (Å²) in [5.74, 6) is 0.212. The molecular formula is C32H37ClN8O4S. The van der Waals surface area contributed by atoms with Gasteiger partial charge in [-0.2, -0.15) is 9.97 Å². The van der Waals surface area contributed by atoms with Crippen LogP contribution in [0, 0.1) is 0 Å². The monoisotopic (exact) mass is 664 g/mol. The quantitative estimate of drug-likeness (QED) is 0.172. The Hall–Kier alpha value is -4.59. The van der Waals surface area contributed by atoms with Crippen LogP contribution in [-0.2, 0) is 9.84 Å². The van der Waals surface area contributed by atoms with Gasteiger partial charge in [0, 0.05) is 43.1 Å². The maximum atomic E-state index is 13.1. The number of para-hydroxylation sites is 1. The summed E-state index contributed by atoms with van der Waals surface area (Å²) in [5, 5.41) is 8.37. The molecule has 0 aliphatic carbocycles. The minimum atomic E-state index is -3.61. The van der Waals surface area contributed by atoms with Crippen molar-refractivity contribution in [2.75, 3.05) is 66.9 Å². The number of benzene rings is 3. The largest absolute Gasteiger partial charge is 0.495 e. The molecule has 0 bridgehead atoms. The van der Waals surface area contributed by atoms with Crippen molar-refractivity contribution >= 4 is 67.7 Å². The van der Waals surface area contributed by atoms with Gasteiger partial charge in [-0.1, -0.05) is 23.7 Å². The third-order valence-electron chi connectivity index (χ3n) is 7.65. The van der Waals surface area contributed by atoms with Crippen molar-refractivity contribution in [3.63, 3.8) is 0 Å². The number of nitrogen functional groups attached to an aromatic ring is 1. The average molecular weight is 665 g/mol. The number of aromatic nitrogens is 2. The van der Waals surface area contributed by atoms with Crippen molar-refractivity contribution in [2.24, 2.45) is 0 Å². The molecular weight excluding hydrogens is 628 g/mol. The number of methoxy groups -OCH3 is 1. The second kappa shape index (κ2) is 13.8. The number of carbonyl (C=O) groups is 1. The predicted molar refractivity (Wildman–Crippen MR) is 184 cm³/mol. The van der Waals surface area contributed by atoms with Gasteiger partial charge in [0.1, 0.15) is 16.6 Å². The Bertz CT molecular complexity index is 1830. The van der Waals surface area contributed by atoms with E-state index in [1.165, 1.54) is 13.2 Å². The highest BCUT2D eigenvalue weighted by Crippen LogP contribution is 2.34. The van der Waals surface area contributed by atoms with Crippen LogP contribution in [0.15, 0.2) is 71.6 Å². The zero-order chi connectivity index (χ0) is 33.0. The summed E-state index contributed by atoms with van der Waals surface area (Å²) in [7, 11) is -0.00400. The van der Waals surface area contributed by atoms with Crippen molar-refractivity contribution in [3.8, 4) is 5.75 Å². The molecule has 4 aromatic rings. The van der Waals surface area contributed by atoms with Gasteiger partial charge in [-0.25, -0.2) is 8.42 Å². The lowest BCUT2D eigenvalue weighted by Gasteiger charge is -2.34. The van der Waals surface area contributed by atoms with E-state index in [4.69, 9.17) is 22.1 Å². The van der Waals surface area contributed by atoms with Crippen molar-refractivity contribution in [3.05, 3.63) is 77.3 Å². The summed E-state index contributed by atoms with van der Waals surface area (Å²) >= 11 is 6.42. The summed E-state index contributed by atoms with van der Waals surface area (Å²) in [6, 6.07) is 19.2. The summed E-state index contributed by atoms with van der Waals surface area (Å²) in [4.78, 5) is 26.5. The van der Waals surface area contributed by atoms with Gasteiger partial charge in [0.25, 0.3) is 5.91 Å². The topological polar surface area (TPSA) is 155 Å². The van der Waals surface area contributed by atoms with Gasteiger partial charge in [-0.05, 0) is 75.5 Å². The fraction of sp³-hybridized carbons (Fsp3) is 0.281. The highest BCUT2D eigenvalue weighted by Gasteiger charge is 2.24. The summed E-state index contributed by atoms with van der Waals surface area (Å²) in [5.41, 5.74) is 9.04. The molecule has 5 N–H and O–H groups in total. The van der Waals surface area contributed by atoms with Gasteiger partial charge in [0.2, 0.25) is 5.95 Å². The fourth-order valence-electron chi connectivity index (χ4n) is 4.88. The fourth-order valence-corrected chi connectivity index (χ4v) is 6.22. The van der Waals surface area contributed by atoms with Crippen LogP contribution in [0.3, 0.4) is 0 Å². The van der Waals surface area contributed by atoms with Crippen LogP contribution < -0.4 is 31.3 Å². The molecule has 1 amide bonds. The van der Waals surface area contributed by atoms with E-state index in [0.717, 1.165) is 31.9 Å². The average Bonchev–Trinajstić information content (AvgIpc) is 3.04. The van der Waals surface area contributed by atoms with E-state index < -0.39 is 15.1 Å². The highest BCUT2D eigenvalue weighted by atomic mass is 35.5. The third kappa shape index (κ3) is 7.27. The molecule has 1 aromatic heterocycles. The van der Waals surface area contributed by atoms with E-state index in [1.807, 2.05) is 24.3 Å². The van der Waals surface area contributed by atoms with Crippen LogP contribution in [0.2, 0.25) is 5.02 Å². The van der Waals surface area contributed by atoms with Crippen LogP contribution in [0.5, 0.6) is 5.75 Å². The predicted octanol–water partition coefficient (Wildman–Crippen LogP) is 5.39. The number of anilines is 7. The molecule has 0 spiro atoms. The first-order valence-corrected chi connectivity index (χ1v) is 16.6. The summed E-state index contributed by atoms with van der Waals surface area (Å²) in [6.07, 6.45) is 0. The van der Waals surface area contributed by atoms with E-state index in [1.54, 1.807) is 50.2 Å². The number of nitrogens with zero attached hydrogens (tertiary/aromatic N) is 4. The lowest BCUT2D eigenvalue weighted by atomic mass is 10.1. The Labute approximate surface area is 273 Å². The number of likely N-dealkylation sites (N-methyl/N-ethyl adjacent to an activating group) is 1. The molecule has 242 valence electrons. The number of rotatable bonds is 10.